The van der Waals surface area contributed by atoms with Crippen LogP contribution in [-0.4, -0.2) is 35.3 Å². The van der Waals surface area contributed by atoms with Crippen molar-refractivity contribution in [3.05, 3.63) is 128 Å². The zero-order valence-corrected chi connectivity index (χ0v) is 23.0. The van der Waals surface area contributed by atoms with E-state index < -0.39 is 35.2 Å². The number of fused-ring (bicyclic) bond motifs is 4. The van der Waals surface area contributed by atoms with Gasteiger partial charge in [-0.1, -0.05) is 64.5 Å². The van der Waals surface area contributed by atoms with Crippen LogP contribution in [0.3, 0.4) is 0 Å². The summed E-state index contributed by atoms with van der Waals surface area (Å²) in [6, 6.07) is 19.5. The molecule has 40 heavy (non-hydrogen) atoms. The van der Waals surface area contributed by atoms with Gasteiger partial charge in [0.1, 0.15) is 24.6 Å². The highest BCUT2D eigenvalue weighted by atomic mass is 79.9. The maximum Gasteiger partial charge on any atom is 0.277 e. The number of amides is 1. The van der Waals surface area contributed by atoms with E-state index >= 15 is 0 Å². The van der Waals surface area contributed by atoms with Crippen molar-refractivity contribution in [1.29, 1.82) is 0 Å². The number of hydrogen-bond acceptors (Lipinski definition) is 5. The maximum absolute atomic E-state index is 14.8. The van der Waals surface area contributed by atoms with Crippen molar-refractivity contribution in [3.8, 4) is 11.5 Å². The lowest BCUT2D eigenvalue weighted by Crippen LogP contribution is -2.62. The molecule has 4 aromatic rings. The number of pyridine rings is 1. The highest BCUT2D eigenvalue weighted by Crippen LogP contribution is 2.43. The first kappa shape index (κ1) is 26.1. The van der Waals surface area contributed by atoms with E-state index in [9.17, 15) is 18.4 Å². The van der Waals surface area contributed by atoms with Crippen molar-refractivity contribution in [3.63, 3.8) is 0 Å². The van der Waals surface area contributed by atoms with Crippen LogP contribution in [0.2, 0.25) is 0 Å². The second-order valence-corrected chi connectivity index (χ2v) is 10.5. The lowest BCUT2D eigenvalue weighted by Gasteiger charge is -2.50. The summed E-state index contributed by atoms with van der Waals surface area (Å²) in [5.74, 6) is -2.34. The third kappa shape index (κ3) is 4.42. The number of carbonyl (C=O) groups excluding carboxylic acids is 1. The minimum atomic E-state index is -1.02. The molecule has 0 saturated carbocycles. The van der Waals surface area contributed by atoms with Crippen LogP contribution in [0, 0.1) is 11.6 Å². The zero-order chi connectivity index (χ0) is 28.0. The molecule has 0 saturated heterocycles. The number of nitrogens with zero attached hydrogens (tertiary/aromatic N) is 3. The fourth-order valence-electron chi connectivity index (χ4n) is 5.32. The van der Waals surface area contributed by atoms with Gasteiger partial charge in [-0.05, 0) is 23.3 Å². The van der Waals surface area contributed by atoms with Gasteiger partial charge < -0.3 is 14.4 Å². The number of halogens is 3. The van der Waals surface area contributed by atoms with Crippen molar-refractivity contribution in [2.75, 3.05) is 18.7 Å². The van der Waals surface area contributed by atoms with Gasteiger partial charge in [-0.2, -0.15) is 0 Å². The normalized spacial score (nSPS) is 18.1. The standard InChI is InChI=1S/C30H24BrF2N3O4/c1-34-26-12-14-39-25-16-23(33)22(32)15-20(25)27(19-9-5-6-10-21(19)31)36(26)35-13-11-24(37)29(28(35)30(34)38)40-17-18-7-3-2-4-8-18/h2-11,13,15-16,26-27H,12,14,17H2,1H3/t26-,27+/m0/s1. The fraction of sp³-hybridized carbons (Fsp3) is 0.200. The lowest BCUT2D eigenvalue weighted by molar-refractivity contribution is 0.0569. The van der Waals surface area contributed by atoms with Crippen LogP contribution in [0.4, 0.5) is 8.78 Å². The second kappa shape index (κ2) is 10.4. The minimum Gasteiger partial charge on any atom is -0.493 e. The summed E-state index contributed by atoms with van der Waals surface area (Å²) in [6.45, 7) is 0.231. The van der Waals surface area contributed by atoms with Gasteiger partial charge in [0, 0.05) is 41.8 Å². The largest absolute Gasteiger partial charge is 0.493 e. The third-order valence-corrected chi connectivity index (χ3v) is 7.95. The average molecular weight is 608 g/mol. The first-order valence-electron chi connectivity index (χ1n) is 12.7. The van der Waals surface area contributed by atoms with E-state index in [4.69, 9.17) is 9.47 Å². The van der Waals surface area contributed by atoms with Gasteiger partial charge >= 0.3 is 0 Å². The quantitative estimate of drug-likeness (QED) is 0.311. The summed E-state index contributed by atoms with van der Waals surface area (Å²) in [5, 5.41) is 1.89. The monoisotopic (exact) mass is 607 g/mol. The topological polar surface area (TPSA) is 64.0 Å². The lowest BCUT2D eigenvalue weighted by atomic mass is 9.94. The molecule has 6 rings (SSSR count). The molecular weight excluding hydrogens is 584 g/mol. The number of aromatic nitrogens is 1. The van der Waals surface area contributed by atoms with Crippen LogP contribution in [-0.2, 0) is 6.61 Å². The number of benzene rings is 3. The van der Waals surface area contributed by atoms with Crippen LogP contribution in [0.5, 0.6) is 11.5 Å². The Labute approximate surface area is 237 Å². The Hall–Kier alpha value is -4.18. The molecule has 3 aromatic carbocycles. The van der Waals surface area contributed by atoms with Crippen LogP contribution in [0.25, 0.3) is 0 Å². The van der Waals surface area contributed by atoms with E-state index in [1.165, 1.54) is 17.2 Å². The highest BCUT2D eigenvalue weighted by Gasteiger charge is 2.44. The smallest absolute Gasteiger partial charge is 0.277 e. The van der Waals surface area contributed by atoms with Gasteiger partial charge in [0.25, 0.3) is 5.91 Å². The molecule has 0 fully saturated rings. The summed E-state index contributed by atoms with van der Waals surface area (Å²) >= 11 is 3.62. The van der Waals surface area contributed by atoms with Crippen LogP contribution < -0.4 is 19.9 Å². The zero-order valence-electron chi connectivity index (χ0n) is 21.4. The van der Waals surface area contributed by atoms with E-state index in [2.05, 4.69) is 15.9 Å². The van der Waals surface area contributed by atoms with Crippen LogP contribution in [0.1, 0.15) is 39.6 Å². The molecule has 3 heterocycles. The Kier molecular flexibility index (Phi) is 6.79. The molecule has 0 bridgehead atoms. The second-order valence-electron chi connectivity index (χ2n) is 9.62. The Balaban J connectivity index is 1.59. The third-order valence-electron chi connectivity index (χ3n) is 7.23. The molecule has 0 aliphatic carbocycles. The van der Waals surface area contributed by atoms with E-state index in [0.29, 0.717) is 12.0 Å². The molecule has 7 nitrogen and oxygen atoms in total. The molecular formula is C30H24BrF2N3O4. The van der Waals surface area contributed by atoms with Crippen molar-refractivity contribution in [2.24, 2.45) is 0 Å². The summed E-state index contributed by atoms with van der Waals surface area (Å²) in [4.78, 5) is 28.4. The van der Waals surface area contributed by atoms with Crippen molar-refractivity contribution in [2.45, 2.75) is 25.2 Å². The fourth-order valence-corrected chi connectivity index (χ4v) is 5.82. The van der Waals surface area contributed by atoms with Gasteiger partial charge in [-0.15, -0.1) is 0 Å². The van der Waals surface area contributed by atoms with Gasteiger partial charge in [0.05, 0.1) is 6.61 Å². The number of ether oxygens (including phenoxy) is 2. The number of rotatable bonds is 4. The molecule has 0 unspecified atom stereocenters. The number of carbonyl (C=O) groups is 1. The molecule has 10 heteroatoms. The molecule has 0 radical (unpaired) electrons. The predicted octanol–water partition coefficient (Wildman–Crippen LogP) is 5.39. The first-order valence-corrected chi connectivity index (χ1v) is 13.5. The van der Waals surface area contributed by atoms with Gasteiger partial charge in [-0.3, -0.25) is 19.3 Å². The summed E-state index contributed by atoms with van der Waals surface area (Å²) < 4.78 is 43.4. The summed E-state index contributed by atoms with van der Waals surface area (Å²) in [5.41, 5.74) is 1.53. The maximum atomic E-state index is 14.8. The Morgan fingerprint density at radius 2 is 1.70 bits per heavy atom. The van der Waals surface area contributed by atoms with E-state index in [1.807, 2.05) is 59.6 Å². The Morgan fingerprint density at radius 3 is 2.48 bits per heavy atom. The van der Waals surface area contributed by atoms with E-state index in [-0.39, 0.29) is 30.4 Å². The molecule has 1 amide bonds. The van der Waals surface area contributed by atoms with Crippen LogP contribution >= 0.6 is 15.9 Å². The summed E-state index contributed by atoms with van der Waals surface area (Å²) in [7, 11) is 1.65. The van der Waals surface area contributed by atoms with E-state index in [0.717, 1.165) is 27.7 Å². The predicted molar refractivity (Wildman–Crippen MR) is 148 cm³/mol. The molecule has 0 spiro atoms. The first-order chi connectivity index (χ1) is 19.3. The highest BCUT2D eigenvalue weighted by molar-refractivity contribution is 9.10. The molecule has 0 N–H and O–H groups in total. The molecule has 2 aliphatic heterocycles. The molecule has 2 atom stereocenters. The summed E-state index contributed by atoms with van der Waals surface area (Å²) in [6.07, 6.45) is 1.33. The van der Waals surface area contributed by atoms with Crippen molar-refractivity contribution < 1.29 is 23.0 Å². The molecule has 2 aliphatic rings. The Bertz CT molecular complexity index is 1660. The number of hydrogen-bond donors (Lipinski definition) is 0. The Morgan fingerprint density at radius 1 is 0.975 bits per heavy atom. The van der Waals surface area contributed by atoms with Crippen LogP contribution in [0.15, 0.2) is 88.3 Å². The van der Waals surface area contributed by atoms with Gasteiger partial charge in [0.2, 0.25) is 5.43 Å². The van der Waals surface area contributed by atoms with Crippen molar-refractivity contribution in [1.82, 2.24) is 9.58 Å². The SMILES string of the molecule is CN1C(=O)c2c(OCc3ccccc3)c(=O)ccn2N2[C@H](c3ccccc3Br)c3cc(F)c(F)cc3OCC[C@@H]12. The van der Waals surface area contributed by atoms with E-state index in [1.54, 1.807) is 11.7 Å². The van der Waals surface area contributed by atoms with Gasteiger partial charge in [-0.25, -0.2) is 8.78 Å². The minimum absolute atomic E-state index is 0.0462. The van der Waals surface area contributed by atoms with Gasteiger partial charge in [0.15, 0.2) is 23.1 Å². The van der Waals surface area contributed by atoms with Crippen molar-refractivity contribution >= 4 is 21.8 Å². The molecule has 204 valence electrons. The average Bonchev–Trinajstić information content (AvgIpc) is 2.95. The molecule has 1 aromatic heterocycles.